The number of benzene rings is 2. The Morgan fingerprint density at radius 3 is 2.50 bits per heavy atom. The molecule has 0 spiro atoms. The van der Waals surface area contributed by atoms with Gasteiger partial charge in [0.1, 0.15) is 6.10 Å². The topological polar surface area (TPSA) is 21.7 Å². The minimum Gasteiger partial charge on any atom is -0.490 e. The maximum atomic E-state index is 6.16. The van der Waals surface area contributed by atoms with Crippen LogP contribution < -0.4 is 9.47 Å². The molecular formula is C19H23NO2. The number of nitrogens with zero attached hydrogens (tertiary/aromatic N) is 1. The van der Waals surface area contributed by atoms with Crippen molar-refractivity contribution in [3.8, 4) is 11.5 Å². The molecule has 0 saturated carbocycles. The number of hydrogen-bond donors (Lipinski definition) is 0. The summed E-state index contributed by atoms with van der Waals surface area (Å²) in [7, 11) is 0. The van der Waals surface area contributed by atoms with E-state index in [1.54, 1.807) is 0 Å². The Hall–Kier alpha value is -2.00. The molecule has 0 radical (unpaired) electrons. The molecule has 0 aliphatic carbocycles. The molecule has 0 bridgehead atoms. The zero-order chi connectivity index (χ0) is 15.2. The summed E-state index contributed by atoms with van der Waals surface area (Å²) in [5, 5.41) is 0. The first-order chi connectivity index (χ1) is 10.8. The average Bonchev–Trinajstić information content (AvgIpc) is 2.98. The molecule has 1 heterocycles. The Morgan fingerprint density at radius 1 is 1.00 bits per heavy atom. The van der Waals surface area contributed by atoms with E-state index in [-0.39, 0.29) is 6.10 Å². The van der Waals surface area contributed by atoms with Gasteiger partial charge in [0.25, 0.3) is 0 Å². The van der Waals surface area contributed by atoms with Crippen LogP contribution >= 0.6 is 0 Å². The highest BCUT2D eigenvalue weighted by Crippen LogP contribution is 2.29. The molecule has 2 aromatic rings. The average molecular weight is 297 g/mol. The van der Waals surface area contributed by atoms with Crippen LogP contribution in [-0.4, -0.2) is 30.7 Å². The minimum atomic E-state index is 0.241. The van der Waals surface area contributed by atoms with Crippen molar-refractivity contribution in [3.63, 3.8) is 0 Å². The molecule has 3 rings (SSSR count). The fourth-order valence-electron chi connectivity index (χ4n) is 2.88. The maximum absolute atomic E-state index is 6.16. The van der Waals surface area contributed by atoms with E-state index in [0.717, 1.165) is 37.6 Å². The van der Waals surface area contributed by atoms with E-state index in [0.29, 0.717) is 6.61 Å². The van der Waals surface area contributed by atoms with Gasteiger partial charge in [-0.3, -0.25) is 4.90 Å². The molecule has 1 aliphatic heterocycles. The fourth-order valence-corrected chi connectivity index (χ4v) is 2.88. The lowest BCUT2D eigenvalue weighted by atomic mass is 10.2. The van der Waals surface area contributed by atoms with Crippen LogP contribution in [0.1, 0.15) is 18.9 Å². The van der Waals surface area contributed by atoms with Crippen molar-refractivity contribution in [2.45, 2.75) is 26.0 Å². The standard InChI is InChI=1S/C19H23NO2/c1-2-21-18-10-6-7-11-19(18)22-17-12-13-20(15-17)14-16-8-4-3-5-9-16/h3-11,17H,2,12-15H2,1H3. The van der Waals surface area contributed by atoms with Gasteiger partial charge in [0.05, 0.1) is 6.61 Å². The molecule has 1 aliphatic rings. The third-order valence-corrected chi connectivity index (χ3v) is 3.92. The number of likely N-dealkylation sites (tertiary alicyclic amines) is 1. The van der Waals surface area contributed by atoms with Gasteiger partial charge in [0.15, 0.2) is 11.5 Å². The zero-order valence-electron chi connectivity index (χ0n) is 13.1. The second kappa shape index (κ2) is 7.32. The maximum Gasteiger partial charge on any atom is 0.161 e. The largest absolute Gasteiger partial charge is 0.490 e. The quantitative estimate of drug-likeness (QED) is 0.811. The van der Waals surface area contributed by atoms with E-state index in [4.69, 9.17) is 9.47 Å². The Kier molecular flexibility index (Phi) is 4.96. The Balaban J connectivity index is 1.57. The first kappa shape index (κ1) is 14.9. The monoisotopic (exact) mass is 297 g/mol. The summed E-state index contributed by atoms with van der Waals surface area (Å²) in [5.74, 6) is 1.70. The molecule has 1 atom stereocenters. The molecule has 0 N–H and O–H groups in total. The molecule has 0 aromatic heterocycles. The summed E-state index contributed by atoms with van der Waals surface area (Å²) in [6.07, 6.45) is 1.30. The first-order valence-corrected chi connectivity index (χ1v) is 8.00. The SMILES string of the molecule is CCOc1ccccc1OC1CCN(Cc2ccccc2)C1. The zero-order valence-corrected chi connectivity index (χ0v) is 13.1. The molecule has 1 saturated heterocycles. The minimum absolute atomic E-state index is 0.241. The Morgan fingerprint density at radius 2 is 1.73 bits per heavy atom. The highest BCUT2D eigenvalue weighted by atomic mass is 16.5. The van der Waals surface area contributed by atoms with E-state index in [1.807, 2.05) is 31.2 Å². The van der Waals surface area contributed by atoms with Crippen LogP contribution in [0.4, 0.5) is 0 Å². The highest BCUT2D eigenvalue weighted by Gasteiger charge is 2.24. The lowest BCUT2D eigenvalue weighted by Crippen LogP contribution is -2.24. The van der Waals surface area contributed by atoms with Crippen LogP contribution in [0.3, 0.4) is 0 Å². The highest BCUT2D eigenvalue weighted by molar-refractivity contribution is 5.39. The van der Waals surface area contributed by atoms with Crippen molar-refractivity contribution in [3.05, 3.63) is 60.2 Å². The Bertz CT molecular complexity index is 585. The van der Waals surface area contributed by atoms with Gasteiger partial charge >= 0.3 is 0 Å². The Labute approximate surface area is 132 Å². The molecule has 3 nitrogen and oxygen atoms in total. The van der Waals surface area contributed by atoms with Crippen LogP contribution in [0.5, 0.6) is 11.5 Å². The van der Waals surface area contributed by atoms with Crippen molar-refractivity contribution in [1.29, 1.82) is 0 Å². The van der Waals surface area contributed by atoms with Gasteiger partial charge in [-0.25, -0.2) is 0 Å². The lowest BCUT2D eigenvalue weighted by molar-refractivity contribution is 0.188. The van der Waals surface area contributed by atoms with E-state index in [1.165, 1.54) is 5.56 Å². The normalized spacial score (nSPS) is 18.3. The predicted octanol–water partition coefficient (Wildman–Crippen LogP) is 3.74. The van der Waals surface area contributed by atoms with Crippen molar-refractivity contribution in [2.75, 3.05) is 19.7 Å². The number of hydrogen-bond acceptors (Lipinski definition) is 3. The van der Waals surface area contributed by atoms with Crippen molar-refractivity contribution >= 4 is 0 Å². The van der Waals surface area contributed by atoms with Gasteiger partial charge in [-0.2, -0.15) is 0 Å². The predicted molar refractivity (Wildman–Crippen MR) is 88.4 cm³/mol. The van der Waals surface area contributed by atoms with E-state index in [9.17, 15) is 0 Å². The smallest absolute Gasteiger partial charge is 0.161 e. The first-order valence-electron chi connectivity index (χ1n) is 8.00. The molecule has 116 valence electrons. The number of rotatable bonds is 6. The molecular weight excluding hydrogens is 274 g/mol. The summed E-state index contributed by atoms with van der Waals surface area (Å²) < 4.78 is 11.8. The van der Waals surface area contributed by atoms with Gasteiger partial charge in [-0.1, -0.05) is 42.5 Å². The summed E-state index contributed by atoms with van der Waals surface area (Å²) in [4.78, 5) is 2.45. The molecule has 1 fully saturated rings. The third kappa shape index (κ3) is 3.80. The summed E-state index contributed by atoms with van der Waals surface area (Å²) in [6, 6.07) is 18.5. The van der Waals surface area contributed by atoms with E-state index < -0.39 is 0 Å². The van der Waals surface area contributed by atoms with Crippen molar-refractivity contribution in [1.82, 2.24) is 4.90 Å². The van der Waals surface area contributed by atoms with E-state index >= 15 is 0 Å². The van der Waals surface area contributed by atoms with E-state index in [2.05, 4.69) is 35.2 Å². The van der Waals surface area contributed by atoms with Gasteiger partial charge in [-0.15, -0.1) is 0 Å². The molecule has 3 heteroatoms. The number of ether oxygens (including phenoxy) is 2. The van der Waals surface area contributed by atoms with Gasteiger partial charge in [0.2, 0.25) is 0 Å². The fraction of sp³-hybridized carbons (Fsp3) is 0.368. The molecule has 1 unspecified atom stereocenters. The van der Waals surface area contributed by atoms with Gasteiger partial charge < -0.3 is 9.47 Å². The van der Waals surface area contributed by atoms with Crippen LogP contribution in [0.15, 0.2) is 54.6 Å². The second-order valence-corrected chi connectivity index (χ2v) is 5.63. The second-order valence-electron chi connectivity index (χ2n) is 5.63. The molecule has 2 aromatic carbocycles. The van der Waals surface area contributed by atoms with Crippen molar-refractivity contribution < 1.29 is 9.47 Å². The van der Waals surface area contributed by atoms with Crippen LogP contribution in [-0.2, 0) is 6.54 Å². The molecule has 22 heavy (non-hydrogen) atoms. The van der Waals surface area contributed by atoms with Crippen molar-refractivity contribution in [2.24, 2.45) is 0 Å². The third-order valence-electron chi connectivity index (χ3n) is 3.92. The van der Waals surface area contributed by atoms with Gasteiger partial charge in [0, 0.05) is 19.6 Å². The van der Waals surface area contributed by atoms with Gasteiger partial charge in [-0.05, 0) is 31.0 Å². The number of para-hydroxylation sites is 2. The van der Waals surface area contributed by atoms with Crippen LogP contribution in [0.25, 0.3) is 0 Å². The summed E-state index contributed by atoms with van der Waals surface area (Å²) in [5.41, 5.74) is 1.36. The van der Waals surface area contributed by atoms with Crippen LogP contribution in [0.2, 0.25) is 0 Å². The summed E-state index contributed by atoms with van der Waals surface area (Å²) >= 11 is 0. The molecule has 0 amide bonds. The van der Waals surface area contributed by atoms with Crippen LogP contribution in [0, 0.1) is 0 Å². The lowest BCUT2D eigenvalue weighted by Gasteiger charge is -2.18. The summed E-state index contributed by atoms with van der Waals surface area (Å²) in [6.45, 7) is 5.69.